The molecule has 0 N–H and O–H groups in total. The molecule has 1 saturated heterocycles. The third-order valence-electron chi connectivity index (χ3n) is 4.98. The highest BCUT2D eigenvalue weighted by atomic mass is 19.3. The van der Waals surface area contributed by atoms with E-state index in [1.54, 1.807) is 19.1 Å². The van der Waals surface area contributed by atoms with Crippen LogP contribution in [0.5, 0.6) is 0 Å². The van der Waals surface area contributed by atoms with Gasteiger partial charge in [-0.1, -0.05) is 6.07 Å². The number of halogens is 2. The van der Waals surface area contributed by atoms with Crippen LogP contribution in [0, 0.1) is 11.8 Å². The number of alkyl halides is 2. The summed E-state index contributed by atoms with van der Waals surface area (Å²) in [5.41, 5.74) is 0.467. The van der Waals surface area contributed by atoms with E-state index in [4.69, 9.17) is 4.74 Å². The molecule has 3 heterocycles. The Kier molecular flexibility index (Phi) is 4.34. The van der Waals surface area contributed by atoms with E-state index in [9.17, 15) is 13.6 Å². The quantitative estimate of drug-likeness (QED) is 0.740. The molecule has 0 radical (unpaired) electrons. The van der Waals surface area contributed by atoms with Crippen molar-refractivity contribution in [3.8, 4) is 0 Å². The van der Waals surface area contributed by atoms with Crippen molar-refractivity contribution in [1.82, 2.24) is 14.8 Å². The van der Waals surface area contributed by atoms with Crippen LogP contribution in [0.4, 0.5) is 14.6 Å². The summed E-state index contributed by atoms with van der Waals surface area (Å²) in [7, 11) is 0. The van der Waals surface area contributed by atoms with Gasteiger partial charge < -0.3 is 9.64 Å². The number of nitrogens with zero attached hydrogens (tertiary/aromatic N) is 4. The topological polar surface area (TPSA) is 60.2 Å². The molecule has 0 spiro atoms. The smallest absolute Gasteiger partial charge is 0.341 e. The number of piperidine rings is 1. The zero-order valence-corrected chi connectivity index (χ0v) is 14.4. The molecule has 2 unspecified atom stereocenters. The lowest BCUT2D eigenvalue weighted by Gasteiger charge is -2.20. The maximum atomic E-state index is 13.5. The first-order valence-electron chi connectivity index (χ1n) is 8.77. The number of carbonyl (C=O) groups excluding carboxylic acids is 1. The van der Waals surface area contributed by atoms with E-state index in [1.165, 1.54) is 23.5 Å². The van der Waals surface area contributed by atoms with Gasteiger partial charge in [0.05, 0.1) is 24.9 Å². The molecule has 26 heavy (non-hydrogen) atoms. The van der Waals surface area contributed by atoms with Gasteiger partial charge in [0.25, 0.3) is 6.43 Å². The van der Waals surface area contributed by atoms with Crippen molar-refractivity contribution in [2.75, 3.05) is 24.6 Å². The Morgan fingerprint density at radius 2 is 2.12 bits per heavy atom. The van der Waals surface area contributed by atoms with Gasteiger partial charge in [-0.25, -0.2) is 18.6 Å². The normalized spacial score (nSPS) is 21.2. The molecule has 8 heteroatoms. The molecule has 2 atom stereocenters. The number of esters is 1. The first-order valence-corrected chi connectivity index (χ1v) is 8.77. The number of rotatable bonds is 6. The summed E-state index contributed by atoms with van der Waals surface area (Å²) in [6.45, 7) is 3.92. The zero-order chi connectivity index (χ0) is 18.3. The Balaban J connectivity index is 1.53. The third-order valence-corrected chi connectivity index (χ3v) is 4.98. The van der Waals surface area contributed by atoms with E-state index >= 15 is 0 Å². The van der Waals surface area contributed by atoms with Crippen LogP contribution in [0.2, 0.25) is 0 Å². The maximum absolute atomic E-state index is 13.5. The van der Waals surface area contributed by atoms with E-state index in [-0.39, 0.29) is 18.8 Å². The lowest BCUT2D eigenvalue weighted by molar-refractivity contribution is 0.0526. The summed E-state index contributed by atoms with van der Waals surface area (Å²) < 4.78 is 33.4. The predicted octanol–water partition coefficient (Wildman–Crippen LogP) is 2.90. The van der Waals surface area contributed by atoms with Crippen LogP contribution in [0.15, 0.2) is 24.5 Å². The van der Waals surface area contributed by atoms with E-state index in [2.05, 4.69) is 15.0 Å². The Morgan fingerprint density at radius 3 is 2.81 bits per heavy atom. The molecular formula is C18H20F2N4O2. The average Bonchev–Trinajstić information content (AvgIpc) is 3.02. The van der Waals surface area contributed by atoms with Crippen molar-refractivity contribution in [1.29, 1.82) is 0 Å². The average molecular weight is 362 g/mol. The first kappa shape index (κ1) is 16.9. The van der Waals surface area contributed by atoms with Gasteiger partial charge in [0.15, 0.2) is 0 Å². The molecule has 0 bridgehead atoms. The van der Waals surface area contributed by atoms with Crippen molar-refractivity contribution in [2.45, 2.75) is 26.3 Å². The minimum absolute atomic E-state index is 0.123. The van der Waals surface area contributed by atoms with Crippen molar-refractivity contribution in [3.63, 3.8) is 0 Å². The summed E-state index contributed by atoms with van der Waals surface area (Å²) in [6.07, 6.45) is 1.45. The van der Waals surface area contributed by atoms with Crippen LogP contribution in [-0.2, 0) is 11.3 Å². The van der Waals surface area contributed by atoms with Crippen molar-refractivity contribution >= 4 is 11.8 Å². The maximum Gasteiger partial charge on any atom is 0.341 e. The van der Waals surface area contributed by atoms with Gasteiger partial charge in [-0.15, -0.1) is 0 Å². The molecule has 0 aromatic carbocycles. The molecule has 1 saturated carbocycles. The van der Waals surface area contributed by atoms with Crippen LogP contribution in [-0.4, -0.2) is 40.4 Å². The van der Waals surface area contributed by atoms with Gasteiger partial charge in [-0.3, -0.25) is 4.68 Å². The number of anilines is 1. The Morgan fingerprint density at radius 1 is 1.35 bits per heavy atom. The molecule has 2 aliphatic rings. The summed E-state index contributed by atoms with van der Waals surface area (Å²) in [5, 5.41) is 4.06. The third kappa shape index (κ3) is 3.27. The summed E-state index contributed by atoms with van der Waals surface area (Å²) in [5.74, 6) is 1.55. The largest absolute Gasteiger partial charge is 0.462 e. The molecule has 2 aromatic heterocycles. The number of aromatic nitrogens is 3. The zero-order valence-electron chi connectivity index (χ0n) is 14.4. The van der Waals surface area contributed by atoms with Gasteiger partial charge >= 0.3 is 5.97 Å². The van der Waals surface area contributed by atoms with Crippen molar-refractivity contribution < 1.29 is 18.3 Å². The summed E-state index contributed by atoms with van der Waals surface area (Å²) in [4.78, 5) is 18.0. The number of ether oxygens (including phenoxy) is 1. The first-order chi connectivity index (χ1) is 12.5. The Hall–Kier alpha value is -2.51. The summed E-state index contributed by atoms with van der Waals surface area (Å²) in [6, 6.07) is 3.47. The van der Waals surface area contributed by atoms with E-state index < -0.39 is 12.4 Å². The second-order valence-corrected chi connectivity index (χ2v) is 6.82. The van der Waals surface area contributed by atoms with Gasteiger partial charge in [0, 0.05) is 24.8 Å². The number of hydrogen-bond donors (Lipinski definition) is 0. The molecule has 4 rings (SSSR count). The van der Waals surface area contributed by atoms with E-state index in [1.807, 2.05) is 0 Å². The molecule has 0 amide bonds. The van der Waals surface area contributed by atoms with E-state index in [0.717, 1.165) is 13.1 Å². The predicted molar refractivity (Wildman–Crippen MR) is 90.3 cm³/mol. The minimum atomic E-state index is -2.66. The number of pyridine rings is 1. The van der Waals surface area contributed by atoms with Crippen LogP contribution in [0.25, 0.3) is 0 Å². The molecule has 1 aliphatic carbocycles. The standard InChI is InChI=1S/C18H20F2N4O2/c1-2-26-18(25)14-6-21-24(10-14)9-11-3-4-15(22-16(11)17(19)20)23-7-12-5-13(12)8-23/h3-4,6,10,12-13,17H,2,5,7-9H2,1H3. The lowest BCUT2D eigenvalue weighted by Crippen LogP contribution is -2.23. The SMILES string of the molecule is CCOC(=O)c1cnn(Cc2ccc(N3CC4CC4C3)nc2C(F)F)c1. The molecule has 6 nitrogen and oxygen atoms in total. The van der Waals surface area contributed by atoms with Crippen molar-refractivity contribution in [3.05, 3.63) is 41.3 Å². The van der Waals surface area contributed by atoms with Crippen LogP contribution >= 0.6 is 0 Å². The highest BCUT2D eigenvalue weighted by Gasteiger charge is 2.45. The number of carbonyl (C=O) groups is 1. The highest BCUT2D eigenvalue weighted by Crippen LogP contribution is 2.46. The number of hydrogen-bond acceptors (Lipinski definition) is 5. The second kappa shape index (κ2) is 6.66. The fourth-order valence-electron chi connectivity index (χ4n) is 3.52. The Labute approximate surface area is 149 Å². The Bertz CT molecular complexity index is 813. The van der Waals surface area contributed by atoms with Gasteiger partial charge in [0.1, 0.15) is 11.5 Å². The second-order valence-electron chi connectivity index (χ2n) is 6.82. The van der Waals surface area contributed by atoms with Gasteiger partial charge in [-0.05, 0) is 31.2 Å². The minimum Gasteiger partial charge on any atom is -0.462 e. The lowest BCUT2D eigenvalue weighted by atomic mass is 10.2. The molecule has 2 aromatic rings. The summed E-state index contributed by atoms with van der Waals surface area (Å²) >= 11 is 0. The molecule has 1 aliphatic heterocycles. The molecule has 2 fully saturated rings. The van der Waals surface area contributed by atoms with Gasteiger partial charge in [0.2, 0.25) is 0 Å². The highest BCUT2D eigenvalue weighted by molar-refractivity contribution is 5.88. The molecule has 138 valence electrons. The fourth-order valence-corrected chi connectivity index (χ4v) is 3.52. The van der Waals surface area contributed by atoms with Crippen LogP contribution in [0.1, 0.15) is 41.4 Å². The van der Waals surface area contributed by atoms with Crippen molar-refractivity contribution in [2.24, 2.45) is 11.8 Å². The van der Waals surface area contributed by atoms with Crippen LogP contribution < -0.4 is 4.90 Å². The van der Waals surface area contributed by atoms with E-state index in [0.29, 0.717) is 28.8 Å². The monoisotopic (exact) mass is 362 g/mol. The molecular weight excluding hydrogens is 342 g/mol. The fraction of sp³-hybridized carbons (Fsp3) is 0.500. The van der Waals surface area contributed by atoms with Crippen LogP contribution in [0.3, 0.4) is 0 Å². The number of fused-ring (bicyclic) bond motifs is 1. The van der Waals surface area contributed by atoms with Gasteiger partial charge in [-0.2, -0.15) is 5.10 Å².